The Hall–Kier alpha value is -4.33. The van der Waals surface area contributed by atoms with Gasteiger partial charge >= 0.3 is 5.91 Å². The van der Waals surface area contributed by atoms with Crippen LogP contribution < -0.4 is 25.0 Å². The smallest absolute Gasteiger partial charge is 0.304 e. The molecule has 0 saturated carbocycles. The van der Waals surface area contributed by atoms with Crippen LogP contribution in [-0.2, 0) is 4.79 Å². The Morgan fingerprint density at radius 1 is 0.914 bits per heavy atom. The fourth-order valence-corrected chi connectivity index (χ4v) is 3.93. The summed E-state index contributed by atoms with van der Waals surface area (Å²) in [5.41, 5.74) is 5.03. The highest BCUT2D eigenvalue weighted by Gasteiger charge is 2.47. The average molecular weight is 475 g/mol. The number of carbonyl (C=O) groups excluding carboxylic acids is 2. The van der Waals surface area contributed by atoms with Crippen molar-refractivity contribution in [3.63, 3.8) is 0 Å². The summed E-state index contributed by atoms with van der Waals surface area (Å²) in [4.78, 5) is 26.0. The van der Waals surface area contributed by atoms with E-state index in [-0.39, 0.29) is 11.8 Å². The van der Waals surface area contributed by atoms with Gasteiger partial charge in [0, 0.05) is 16.7 Å². The summed E-state index contributed by atoms with van der Waals surface area (Å²) in [5.74, 6) is 1.45. The molecule has 1 heterocycles. The topological polar surface area (TPSA) is 88.9 Å². The first-order valence-electron chi connectivity index (χ1n) is 11.3. The Balaban J connectivity index is 1.65. The lowest BCUT2D eigenvalue weighted by Gasteiger charge is -2.15. The van der Waals surface area contributed by atoms with Crippen molar-refractivity contribution < 1.29 is 28.5 Å². The van der Waals surface area contributed by atoms with Gasteiger partial charge in [0.05, 0.1) is 20.8 Å². The molecule has 1 aliphatic rings. The van der Waals surface area contributed by atoms with E-state index in [9.17, 15) is 9.59 Å². The first-order valence-corrected chi connectivity index (χ1v) is 11.3. The molecule has 0 aromatic heterocycles. The molecule has 0 aliphatic carbocycles. The van der Waals surface area contributed by atoms with Gasteiger partial charge in [-0.3, -0.25) is 9.59 Å². The maximum absolute atomic E-state index is 13.0. The van der Waals surface area contributed by atoms with Crippen molar-refractivity contribution >= 4 is 18.0 Å². The van der Waals surface area contributed by atoms with Crippen molar-refractivity contribution in [1.29, 1.82) is 0 Å². The van der Waals surface area contributed by atoms with E-state index in [1.54, 1.807) is 43.2 Å². The molecule has 0 unspecified atom stereocenters. The Bertz CT molecular complexity index is 1210. The minimum absolute atomic E-state index is 0.310. The molecular weight excluding hydrogens is 446 g/mol. The van der Waals surface area contributed by atoms with Crippen LogP contribution in [0.15, 0.2) is 72.8 Å². The lowest BCUT2D eigenvalue weighted by Crippen LogP contribution is -2.42. The van der Waals surface area contributed by atoms with Crippen LogP contribution in [0.3, 0.4) is 0 Å². The number of hydrazone groups is 1. The van der Waals surface area contributed by atoms with Crippen molar-refractivity contribution in [3.8, 4) is 17.2 Å². The second kappa shape index (κ2) is 10.7. The minimum atomic E-state index is -0.822. The minimum Gasteiger partial charge on any atom is -0.497 e. The number of rotatable bonds is 8. The molecule has 1 fully saturated rings. The van der Waals surface area contributed by atoms with Crippen LogP contribution in [0.4, 0.5) is 0 Å². The molecule has 1 saturated heterocycles. The van der Waals surface area contributed by atoms with Gasteiger partial charge in [-0.25, -0.2) is 0 Å². The third-order valence-corrected chi connectivity index (χ3v) is 5.71. The Morgan fingerprint density at radius 3 is 2.06 bits per heavy atom. The molecule has 2 N–H and O–H groups in total. The summed E-state index contributed by atoms with van der Waals surface area (Å²) < 4.78 is 17.7. The summed E-state index contributed by atoms with van der Waals surface area (Å²) in [7, 11) is 3.16. The van der Waals surface area contributed by atoms with E-state index in [1.165, 1.54) is 0 Å². The predicted octanol–water partition coefficient (Wildman–Crippen LogP) is 3.12. The summed E-state index contributed by atoms with van der Waals surface area (Å²) in [6.45, 7) is 2.51. The zero-order valence-corrected chi connectivity index (χ0v) is 19.9. The molecule has 8 nitrogen and oxygen atoms in total. The maximum atomic E-state index is 13.0. The summed E-state index contributed by atoms with van der Waals surface area (Å²) in [6.07, 6.45) is 1.84. The second-order valence-corrected chi connectivity index (χ2v) is 7.91. The van der Waals surface area contributed by atoms with Gasteiger partial charge in [0.2, 0.25) is 12.3 Å². The largest absolute Gasteiger partial charge is 0.497 e. The van der Waals surface area contributed by atoms with Crippen molar-refractivity contribution in [1.82, 2.24) is 10.7 Å². The van der Waals surface area contributed by atoms with Gasteiger partial charge in [-0.2, -0.15) is 0 Å². The van der Waals surface area contributed by atoms with E-state index in [0.29, 0.717) is 23.7 Å². The van der Waals surface area contributed by atoms with Gasteiger partial charge in [-0.1, -0.05) is 0 Å². The molecule has 4 rings (SSSR count). The number of carbonyl (C=O) groups is 2. The zero-order valence-electron chi connectivity index (χ0n) is 19.9. The van der Waals surface area contributed by atoms with Crippen LogP contribution in [0.25, 0.3) is 0 Å². The van der Waals surface area contributed by atoms with E-state index in [0.717, 1.165) is 16.9 Å². The van der Waals surface area contributed by atoms with Gasteiger partial charge in [0.1, 0.15) is 17.2 Å². The van der Waals surface area contributed by atoms with E-state index < -0.39 is 12.1 Å². The number of nitrogens with zero attached hydrogens (tertiary/aromatic N) is 1. The number of amides is 2. The molecule has 1 aliphatic heterocycles. The van der Waals surface area contributed by atoms with E-state index in [4.69, 9.17) is 14.2 Å². The van der Waals surface area contributed by atoms with Crippen LogP contribution in [0.5, 0.6) is 17.2 Å². The number of nitrogens with one attached hydrogen (secondary N) is 2. The van der Waals surface area contributed by atoms with Crippen LogP contribution >= 0.6 is 0 Å². The third-order valence-electron chi connectivity index (χ3n) is 5.71. The highest BCUT2D eigenvalue weighted by molar-refractivity contribution is 5.98. The summed E-state index contributed by atoms with van der Waals surface area (Å²) in [6, 6.07) is 20.4. The van der Waals surface area contributed by atoms with Gasteiger partial charge in [-0.15, -0.1) is 10.1 Å². The Labute approximate surface area is 204 Å². The van der Waals surface area contributed by atoms with E-state index in [1.807, 2.05) is 61.7 Å². The Morgan fingerprint density at radius 2 is 1.49 bits per heavy atom. The van der Waals surface area contributed by atoms with Gasteiger partial charge in [-0.05, 0) is 79.7 Å². The molecule has 180 valence electrons. The lowest BCUT2D eigenvalue weighted by atomic mass is 9.99. The normalized spacial score (nSPS) is 18.1. The lowest BCUT2D eigenvalue weighted by molar-refractivity contribution is -0.596. The highest BCUT2D eigenvalue weighted by Crippen LogP contribution is 2.27. The fourth-order valence-electron chi connectivity index (χ4n) is 3.93. The fraction of sp³-hybridized carbons (Fsp3) is 0.222. The second-order valence-electron chi connectivity index (χ2n) is 7.91. The molecule has 3 aromatic rings. The summed E-state index contributed by atoms with van der Waals surface area (Å²) in [5, 5.41) is 2.90. The third kappa shape index (κ3) is 5.43. The SMILES string of the molecule is CCOc1ccc(/C=[N+]2\NC(=O)[C@@H](NC(=O)c3ccc(OC)cc3)[C@H]2c2ccc(OC)cc2)cc1. The number of methoxy groups -OCH3 is 2. The van der Waals surface area contributed by atoms with Gasteiger partial charge < -0.3 is 19.5 Å². The van der Waals surface area contributed by atoms with Crippen molar-refractivity contribution in [2.45, 2.75) is 19.0 Å². The highest BCUT2D eigenvalue weighted by atomic mass is 16.5. The maximum Gasteiger partial charge on any atom is 0.304 e. The number of hydrogen-bond acceptors (Lipinski definition) is 5. The van der Waals surface area contributed by atoms with Crippen molar-refractivity contribution in [2.24, 2.45) is 0 Å². The molecule has 2 atom stereocenters. The Kier molecular flexibility index (Phi) is 7.30. The van der Waals surface area contributed by atoms with Crippen LogP contribution in [0.2, 0.25) is 0 Å². The number of benzene rings is 3. The van der Waals surface area contributed by atoms with Crippen LogP contribution in [-0.4, -0.2) is 49.6 Å². The number of hydrazine groups is 1. The first-order chi connectivity index (χ1) is 17.0. The van der Waals surface area contributed by atoms with Crippen LogP contribution in [0, 0.1) is 0 Å². The van der Waals surface area contributed by atoms with Crippen LogP contribution in [0.1, 0.15) is 34.5 Å². The first kappa shape index (κ1) is 23.8. The predicted molar refractivity (Wildman–Crippen MR) is 131 cm³/mol. The van der Waals surface area contributed by atoms with Gasteiger partial charge in [0.25, 0.3) is 5.91 Å². The summed E-state index contributed by atoms with van der Waals surface area (Å²) >= 11 is 0. The van der Waals surface area contributed by atoms with E-state index >= 15 is 0 Å². The average Bonchev–Trinajstić information content (AvgIpc) is 3.19. The molecule has 8 heteroatoms. The van der Waals surface area contributed by atoms with Gasteiger partial charge in [0.15, 0.2) is 6.04 Å². The molecular formula is C27H28N3O5+. The number of ether oxygens (including phenoxy) is 3. The molecule has 2 amide bonds. The van der Waals surface area contributed by atoms with E-state index in [2.05, 4.69) is 10.7 Å². The molecule has 35 heavy (non-hydrogen) atoms. The molecule has 0 radical (unpaired) electrons. The van der Waals surface area contributed by atoms with Crippen molar-refractivity contribution in [3.05, 3.63) is 89.5 Å². The quantitative estimate of drug-likeness (QED) is 0.490. The monoisotopic (exact) mass is 474 g/mol. The molecule has 3 aromatic carbocycles. The zero-order chi connectivity index (χ0) is 24.8. The van der Waals surface area contributed by atoms with Crippen molar-refractivity contribution in [2.75, 3.05) is 20.8 Å². The number of hydrogen-bond donors (Lipinski definition) is 2. The molecule has 0 spiro atoms. The molecule has 0 bridgehead atoms. The standard InChI is InChI=1S/C27H27N3O5/c1-4-35-23-11-5-18(6-12-23)17-30-25(19-7-13-21(33-2)14-8-19)24(27(32)29-30)28-26(31)20-9-15-22(34-3)16-10-20/h5-17,24-25H,4H2,1-3H3,(H-,28,29,31,32)/p+1/b30-17-/t24-,25+/m0/s1.